The molecule has 14 aliphatic rings. The van der Waals surface area contributed by atoms with Crippen molar-refractivity contribution in [3.05, 3.63) is 64.4 Å². The predicted molar refractivity (Wildman–Crippen MR) is 239 cm³/mol. The maximum absolute atomic E-state index is 16.8. The number of rotatable bonds is 0. The van der Waals surface area contributed by atoms with Gasteiger partial charge in [-0.25, -0.2) is 0 Å². The molecule has 1 aromatic heterocycles. The Hall–Kier alpha value is -5.79. The van der Waals surface area contributed by atoms with Gasteiger partial charge in [-0.3, -0.25) is 24.4 Å². The van der Waals surface area contributed by atoms with E-state index in [1.165, 1.54) is 9.47 Å². The minimum absolute atomic E-state index is 0.156. The van der Waals surface area contributed by atoms with Gasteiger partial charge in [0, 0.05) is 57.5 Å². The molecule has 7 unspecified atom stereocenters. The molecule has 340 valence electrons. The molecule has 3 N–H and O–H groups in total. The van der Waals surface area contributed by atoms with Crippen molar-refractivity contribution in [2.45, 2.75) is 150 Å². The zero-order chi connectivity index (χ0) is 45.8. The number of carbonyl (C=O) groups excluding carboxylic acids is 4. The van der Waals surface area contributed by atoms with Crippen LogP contribution in [0.4, 0.5) is 5.69 Å². The van der Waals surface area contributed by atoms with Crippen LogP contribution in [0.25, 0.3) is 23.1 Å². The Morgan fingerprint density at radius 1 is 0.742 bits per heavy atom. The van der Waals surface area contributed by atoms with Gasteiger partial charge >= 0.3 is 0 Å². The molecule has 2 aromatic carbocycles. The van der Waals surface area contributed by atoms with Gasteiger partial charge in [-0.1, -0.05) is 13.8 Å². The van der Waals surface area contributed by atoms with E-state index in [0.29, 0.717) is 113 Å². The quantitative estimate of drug-likeness (QED) is 0.148. The van der Waals surface area contributed by atoms with E-state index in [4.69, 9.17) is 9.47 Å². The van der Waals surface area contributed by atoms with Gasteiger partial charge in [0.2, 0.25) is 23.4 Å². The molecule has 66 heavy (non-hydrogen) atoms. The van der Waals surface area contributed by atoms with Crippen LogP contribution in [-0.2, 0) is 30.0 Å². The van der Waals surface area contributed by atoms with E-state index < -0.39 is 73.4 Å². The van der Waals surface area contributed by atoms with Gasteiger partial charge in [0.1, 0.15) is 50.3 Å². The van der Waals surface area contributed by atoms with Crippen molar-refractivity contribution in [2.24, 2.45) is 17.3 Å². The second-order valence-corrected chi connectivity index (χ2v) is 24.2. The van der Waals surface area contributed by atoms with Crippen molar-refractivity contribution in [2.75, 3.05) is 13.1 Å². The first kappa shape index (κ1) is 38.3. The molecule has 4 bridgehead atoms. The molecule has 3 aromatic rings. The molecule has 17 rings (SSSR count). The lowest BCUT2D eigenvalue weighted by Gasteiger charge is -2.70. The van der Waals surface area contributed by atoms with Crippen LogP contribution in [-0.4, -0.2) is 116 Å². The predicted octanol–water partition coefficient (Wildman–Crippen LogP) is 5.68. The maximum Gasteiger partial charge on any atom is 0.272 e. The van der Waals surface area contributed by atoms with Gasteiger partial charge in [0.15, 0.2) is 0 Å². The Morgan fingerprint density at radius 2 is 1.36 bits per heavy atom. The second kappa shape index (κ2) is 10.4. The molecule has 9 atom stereocenters. The van der Waals surface area contributed by atoms with Crippen LogP contribution in [0.1, 0.15) is 128 Å². The first-order valence-corrected chi connectivity index (χ1v) is 24.1. The smallest absolute Gasteiger partial charge is 0.272 e. The summed E-state index contributed by atoms with van der Waals surface area (Å²) in [6.07, 6.45) is 11.0. The highest BCUT2D eigenvalue weighted by Gasteiger charge is 2.96. The van der Waals surface area contributed by atoms with E-state index in [1.54, 1.807) is 0 Å². The summed E-state index contributed by atoms with van der Waals surface area (Å²) in [5.41, 5.74) is -5.39. The molecule has 9 saturated heterocycles. The summed E-state index contributed by atoms with van der Waals surface area (Å²) in [6.45, 7) is 17.2. The van der Waals surface area contributed by atoms with Crippen molar-refractivity contribution < 1.29 is 43.8 Å². The molecular weight excluding hydrogens is 837 g/mol. The van der Waals surface area contributed by atoms with E-state index in [1.807, 2.05) is 91.0 Å². The number of amides is 4. The van der Waals surface area contributed by atoms with Crippen LogP contribution in [0.2, 0.25) is 0 Å². The molecule has 13 heterocycles. The highest BCUT2D eigenvalue weighted by atomic mass is 16.5. The summed E-state index contributed by atoms with van der Waals surface area (Å²) >= 11 is 0. The Morgan fingerprint density at radius 3 is 2.08 bits per heavy atom. The molecule has 14 heteroatoms. The number of hydrogen-bond donors (Lipinski definition) is 3. The molecule has 12 aliphatic heterocycles. The zero-order valence-electron chi connectivity index (χ0n) is 38.7. The van der Waals surface area contributed by atoms with Crippen molar-refractivity contribution in [1.82, 2.24) is 24.7 Å². The summed E-state index contributed by atoms with van der Waals surface area (Å²) in [4.78, 5) is 70.6. The third kappa shape index (κ3) is 3.39. The maximum atomic E-state index is 16.8. The minimum atomic E-state index is -1.70. The molecule has 14 nitrogen and oxygen atoms in total. The third-order valence-electron chi connectivity index (χ3n) is 20.0. The zero-order valence-corrected chi connectivity index (χ0v) is 38.7. The van der Waals surface area contributed by atoms with E-state index in [9.17, 15) is 10.4 Å². The highest BCUT2D eigenvalue weighted by molar-refractivity contribution is 6.18. The van der Waals surface area contributed by atoms with Gasteiger partial charge in [-0.2, -0.15) is 4.73 Å². The summed E-state index contributed by atoms with van der Waals surface area (Å²) in [5, 5.41) is 31.0. The summed E-state index contributed by atoms with van der Waals surface area (Å²) in [5.74, 6) is -1.69. The first-order valence-electron chi connectivity index (χ1n) is 24.1. The lowest BCUT2D eigenvalue weighted by Crippen LogP contribution is -2.93. The average Bonchev–Trinajstić information content (AvgIpc) is 4.05. The summed E-state index contributed by atoms with van der Waals surface area (Å²) in [7, 11) is 0. The summed E-state index contributed by atoms with van der Waals surface area (Å²) < 4.78 is 15.8. The number of hydrogen-bond acceptors (Lipinski definition) is 8. The van der Waals surface area contributed by atoms with E-state index in [0.717, 1.165) is 0 Å². The molecular formula is C52H55N6O8+. The Labute approximate surface area is 381 Å². The van der Waals surface area contributed by atoms with E-state index >= 15 is 19.2 Å². The molecule has 2 aliphatic carbocycles. The van der Waals surface area contributed by atoms with Crippen LogP contribution >= 0.6 is 0 Å². The molecule has 1 saturated carbocycles. The second-order valence-electron chi connectivity index (χ2n) is 24.2. The molecule has 5 spiro atoms. The molecule has 4 amide bonds. The van der Waals surface area contributed by atoms with Crippen LogP contribution < -0.4 is 14.8 Å². The number of nitrogens with one attached hydrogen (secondary N) is 1. The van der Waals surface area contributed by atoms with Crippen molar-refractivity contribution in [3.8, 4) is 11.5 Å². The number of ether oxygens (including phenoxy) is 2. The normalized spacial score (nSPS) is 40.5. The fraction of sp³-hybridized carbons (Fsp3) is 0.558. The summed E-state index contributed by atoms with van der Waals surface area (Å²) in [6, 6.07) is 6.68. The molecule has 0 radical (unpaired) electrons. The van der Waals surface area contributed by atoms with Gasteiger partial charge in [-0.15, -0.1) is 0 Å². The Kier molecular flexibility index (Phi) is 6.01. The topological polar surface area (TPSA) is 157 Å². The van der Waals surface area contributed by atoms with Crippen molar-refractivity contribution in [1.29, 1.82) is 0 Å². The molecule has 10 fully saturated rings. The Bertz CT molecular complexity index is 3140. The van der Waals surface area contributed by atoms with Gasteiger partial charge < -0.3 is 34.7 Å². The van der Waals surface area contributed by atoms with Gasteiger partial charge in [-0.05, 0) is 134 Å². The average molecular weight is 892 g/mol. The third-order valence-corrected chi connectivity index (χ3v) is 20.0. The lowest BCUT2D eigenvalue weighted by atomic mass is 9.39. The fourth-order valence-corrected chi connectivity index (χ4v) is 18.0. The fourth-order valence-electron chi connectivity index (χ4n) is 18.0. The van der Waals surface area contributed by atoms with Crippen LogP contribution in [0.3, 0.4) is 0 Å². The monoisotopic (exact) mass is 891 g/mol. The van der Waals surface area contributed by atoms with E-state index in [2.05, 4.69) is 33.0 Å². The van der Waals surface area contributed by atoms with Crippen LogP contribution in [0, 0.1) is 17.3 Å². The number of piperidine rings is 4. The SMILES string of the molecule is CC1(C)C=Cc2c(ccc3c2[N+](O)=C2C(C)(C)C4CC56CCCN5C(=O)C4(NC6=O)C4N5C(=O)C67CCCN6C(=O)[C@@]56C(C7)C(C)(C)c5c(c7ccc8c(c7n5O)C=CC(C)(C)O8)[C@@H]6C234)O1. The largest absolute Gasteiger partial charge is 0.483 e. The van der Waals surface area contributed by atoms with Crippen molar-refractivity contribution in [3.63, 3.8) is 0 Å². The lowest BCUT2D eigenvalue weighted by molar-refractivity contribution is -0.714. The van der Waals surface area contributed by atoms with Gasteiger partial charge in [0.25, 0.3) is 11.6 Å². The minimum Gasteiger partial charge on any atom is -0.483 e. The van der Waals surface area contributed by atoms with Crippen LogP contribution in [0.5, 0.6) is 11.5 Å². The number of piperazine rings is 2. The Balaban J connectivity index is 1.16. The first-order chi connectivity index (χ1) is 31.1. The number of carbonyl (C=O) groups is 4. The number of benzene rings is 2. The number of aromatic nitrogens is 1. The van der Waals surface area contributed by atoms with E-state index in [-0.39, 0.29) is 23.6 Å². The van der Waals surface area contributed by atoms with Crippen molar-refractivity contribution >= 4 is 58.1 Å². The standard InChI is InChI=1S/C52H54N6O8/c1-44(2)19-15-25-29(65-44)13-11-27-33-36-50-28-12-14-30-26(16-20-45(3,4)66-30)35(28)58(64)38(50)47(7,8)31-23-48-17-9-21-54(48)42(61)51(31,53-40(48)59)39(50)56-41(60)49-18-10-22-55(49)43(62)52(36,56)32(24-49)46(5,6)37(33)57(63)34(25)27/h11-16,19-20,31-32,36,39,63H,9-10,17-18,21-24H2,1-8H3,(H-,53,59,64)/p+1/t31?,32?,36-,39?,48?,49?,50?,51?,52+/m1/s1. The van der Waals surface area contributed by atoms with Crippen LogP contribution in [0.15, 0.2) is 36.4 Å². The number of fused-ring (bicyclic) bond motifs is 10. The number of nitrogens with zero attached hydrogens (tertiary/aromatic N) is 5. The van der Waals surface area contributed by atoms with Gasteiger partial charge in [0.05, 0.1) is 28.2 Å². The highest BCUT2D eigenvalue weighted by Crippen LogP contribution is 2.81.